The molecule has 40 heavy (non-hydrogen) atoms. The largest absolute Gasteiger partial charge is 0.497 e. The van der Waals surface area contributed by atoms with Crippen molar-refractivity contribution < 1.29 is 36.7 Å². The highest BCUT2D eigenvalue weighted by atomic mass is 32.4. The molecule has 2 atom stereocenters. The van der Waals surface area contributed by atoms with Crippen LogP contribution in [-0.2, 0) is 45.5 Å². The molecular formula is C25H39N3O8P3S+. The second-order valence-electron chi connectivity index (χ2n) is 8.55. The van der Waals surface area contributed by atoms with Crippen LogP contribution in [0.3, 0.4) is 0 Å². The number of rotatable bonds is 18. The summed E-state index contributed by atoms with van der Waals surface area (Å²) in [5, 5.41) is 4.47. The molecule has 0 fully saturated rings. The van der Waals surface area contributed by atoms with Gasteiger partial charge >= 0.3 is 22.0 Å². The van der Waals surface area contributed by atoms with Gasteiger partial charge in [0.15, 0.2) is 11.8 Å². The smallest absolute Gasteiger partial charge is 0.355 e. The average molecular weight is 635 g/mol. The Hall–Kier alpha value is -1.71. The van der Waals surface area contributed by atoms with Gasteiger partial charge in [-0.3, -0.25) is 14.0 Å². The first-order chi connectivity index (χ1) is 19.0. The number of hydrogen-bond donors (Lipinski definition) is 0. The van der Waals surface area contributed by atoms with Crippen LogP contribution in [0.15, 0.2) is 53.6 Å². The predicted molar refractivity (Wildman–Crippen MR) is 163 cm³/mol. The summed E-state index contributed by atoms with van der Waals surface area (Å²) >= 11 is 5.70. The Labute approximate surface area is 243 Å². The number of benzene rings is 2. The van der Waals surface area contributed by atoms with Crippen molar-refractivity contribution in [2.45, 2.75) is 19.2 Å². The van der Waals surface area contributed by atoms with Gasteiger partial charge in [0.05, 0.1) is 20.4 Å². The van der Waals surface area contributed by atoms with Crippen molar-refractivity contribution in [1.29, 1.82) is 0 Å². The molecular weight excluding hydrogens is 595 g/mol. The molecule has 0 aliphatic rings. The minimum Gasteiger partial charge on any atom is -0.497 e. The fraction of sp³-hybridized carbons (Fsp3) is 0.480. The maximum absolute atomic E-state index is 12.7. The van der Waals surface area contributed by atoms with Crippen LogP contribution in [-0.4, -0.2) is 83.5 Å². The molecule has 2 unspecified atom stereocenters. The standard InChI is InChI=1S/C25H39N3O8P3S/c1-21(37(40)27(2)26-18-23-10-12-24(31-3)13-11-23)36-25-14-8-22(9-15-25)16-17-28(19-38(29,32-4)33-5)20-39(30,34-6)35-7/h8-15,18,21H,16-17,19-20H2,1-7H3/q+1. The third-order valence-corrected chi connectivity index (χ3v) is 12.6. The molecule has 0 aliphatic heterocycles. The zero-order valence-electron chi connectivity index (χ0n) is 24.0. The first-order valence-corrected chi connectivity index (χ1v) is 18.1. The van der Waals surface area contributed by atoms with Crippen LogP contribution in [0.5, 0.6) is 11.5 Å². The van der Waals surface area contributed by atoms with E-state index in [-0.39, 0.29) is 18.4 Å². The van der Waals surface area contributed by atoms with E-state index in [0.717, 1.165) is 16.9 Å². The van der Waals surface area contributed by atoms with Crippen molar-refractivity contribution >= 4 is 40.1 Å². The number of hydrogen-bond acceptors (Lipinski definition) is 11. The van der Waals surface area contributed by atoms with E-state index in [9.17, 15) is 9.13 Å². The topological polar surface area (TPSA) is 108 Å². The normalized spacial score (nSPS) is 13.4. The fourth-order valence-electron chi connectivity index (χ4n) is 3.45. The molecule has 0 heterocycles. The molecule has 0 aliphatic carbocycles. The van der Waals surface area contributed by atoms with Crippen molar-refractivity contribution in [1.82, 2.24) is 9.68 Å². The van der Waals surface area contributed by atoms with Gasteiger partial charge in [0.1, 0.15) is 24.1 Å². The lowest BCUT2D eigenvalue weighted by molar-refractivity contribution is 0.224. The van der Waals surface area contributed by atoms with Gasteiger partial charge in [-0.25, -0.2) is 0 Å². The van der Waals surface area contributed by atoms with Crippen molar-refractivity contribution in [3.8, 4) is 11.5 Å². The SMILES string of the molecule is COc1ccc(C=NN(C)[P+](=S)C(C)Oc2ccc(CCN(CP(=O)(OC)OC)CP(=O)(OC)OC)cc2)cc1. The maximum atomic E-state index is 12.7. The lowest BCUT2D eigenvalue weighted by Crippen LogP contribution is -2.29. The Morgan fingerprint density at radius 1 is 0.875 bits per heavy atom. The van der Waals surface area contributed by atoms with Crippen molar-refractivity contribution in [3.05, 3.63) is 59.7 Å². The summed E-state index contributed by atoms with van der Waals surface area (Å²) in [5.41, 5.74) is 1.94. The molecule has 0 saturated carbocycles. The maximum Gasteiger partial charge on any atom is 0.355 e. The van der Waals surface area contributed by atoms with Crippen LogP contribution in [0.2, 0.25) is 0 Å². The molecule has 222 valence electrons. The van der Waals surface area contributed by atoms with Gasteiger partial charge in [-0.2, -0.15) is 0 Å². The first-order valence-electron chi connectivity index (χ1n) is 12.3. The molecule has 0 saturated heterocycles. The second kappa shape index (κ2) is 16.7. The molecule has 2 aromatic carbocycles. The summed E-state index contributed by atoms with van der Waals surface area (Å²) in [7, 11) is 1.95. The highest BCUT2D eigenvalue weighted by Crippen LogP contribution is 2.51. The third-order valence-electron chi connectivity index (χ3n) is 5.89. The van der Waals surface area contributed by atoms with E-state index in [0.29, 0.717) is 18.7 Å². The van der Waals surface area contributed by atoms with Gasteiger partial charge < -0.3 is 27.6 Å². The Morgan fingerprint density at radius 3 is 1.85 bits per heavy atom. The van der Waals surface area contributed by atoms with Crippen molar-refractivity contribution in [2.24, 2.45) is 5.10 Å². The Morgan fingerprint density at radius 2 is 1.38 bits per heavy atom. The highest BCUT2D eigenvalue weighted by Gasteiger charge is 2.32. The molecule has 2 rings (SSSR count). The molecule has 0 radical (unpaired) electrons. The Bertz CT molecular complexity index is 1160. The second-order valence-corrected chi connectivity index (χ2v) is 16.1. The van der Waals surface area contributed by atoms with Crippen molar-refractivity contribution in [2.75, 3.05) is 61.7 Å². The lowest BCUT2D eigenvalue weighted by atomic mass is 10.1. The zero-order valence-corrected chi connectivity index (χ0v) is 27.5. The van der Waals surface area contributed by atoms with Crippen LogP contribution in [0.4, 0.5) is 0 Å². The van der Waals surface area contributed by atoms with Crippen LogP contribution in [0, 0.1) is 0 Å². The molecule has 15 heteroatoms. The number of hydrazone groups is 1. The summed E-state index contributed by atoms with van der Waals surface area (Å²) in [6.07, 6.45) is 2.20. The minimum atomic E-state index is -3.39. The number of ether oxygens (including phenoxy) is 2. The first kappa shape index (κ1) is 34.5. The van der Waals surface area contributed by atoms with Gasteiger partial charge in [0.25, 0.3) is 5.85 Å². The van der Waals surface area contributed by atoms with E-state index >= 15 is 0 Å². The van der Waals surface area contributed by atoms with Crippen LogP contribution in [0.25, 0.3) is 0 Å². The van der Waals surface area contributed by atoms with Crippen molar-refractivity contribution in [3.63, 3.8) is 0 Å². The molecule has 0 spiro atoms. The molecule has 11 nitrogen and oxygen atoms in total. The lowest BCUT2D eigenvalue weighted by Gasteiger charge is -2.27. The average Bonchev–Trinajstić information content (AvgIpc) is 2.98. The highest BCUT2D eigenvalue weighted by molar-refractivity contribution is 8.04. The molecule has 0 aromatic heterocycles. The zero-order chi connectivity index (χ0) is 29.8. The van der Waals surface area contributed by atoms with Gasteiger partial charge in [-0.1, -0.05) is 12.1 Å². The fourth-order valence-corrected chi connectivity index (χ4v) is 6.92. The van der Waals surface area contributed by atoms with Gasteiger partial charge in [0, 0.05) is 41.9 Å². The summed E-state index contributed by atoms with van der Waals surface area (Å²) < 4.78 is 58.7. The van der Waals surface area contributed by atoms with E-state index in [1.807, 2.05) is 62.5 Å². The van der Waals surface area contributed by atoms with Crippen LogP contribution >= 0.6 is 22.0 Å². The summed E-state index contributed by atoms with van der Waals surface area (Å²) in [5.74, 6) is 1.22. The molecule has 0 N–H and O–H groups in total. The predicted octanol–water partition coefficient (Wildman–Crippen LogP) is 5.98. The third kappa shape index (κ3) is 10.9. The van der Waals surface area contributed by atoms with E-state index in [4.69, 9.17) is 39.4 Å². The Balaban J connectivity index is 1.98. The van der Waals surface area contributed by atoms with E-state index < -0.39 is 22.0 Å². The summed E-state index contributed by atoms with van der Waals surface area (Å²) in [4.78, 5) is 1.70. The van der Waals surface area contributed by atoms with E-state index in [1.54, 1.807) is 23.0 Å². The van der Waals surface area contributed by atoms with E-state index in [2.05, 4.69) is 5.10 Å². The molecule has 0 bridgehead atoms. The van der Waals surface area contributed by atoms with Gasteiger partial charge in [-0.15, -0.1) is 9.88 Å². The van der Waals surface area contributed by atoms with Crippen LogP contribution < -0.4 is 9.47 Å². The number of methoxy groups -OCH3 is 1. The van der Waals surface area contributed by atoms with E-state index in [1.165, 1.54) is 28.4 Å². The molecule has 2 aromatic rings. The quantitative estimate of drug-likeness (QED) is 0.110. The van der Waals surface area contributed by atoms with Crippen LogP contribution in [0.1, 0.15) is 18.1 Å². The summed E-state index contributed by atoms with van der Waals surface area (Å²) in [6.45, 7) is 1.22. The Kier molecular flexibility index (Phi) is 14.4. The number of nitrogens with zero attached hydrogens (tertiary/aromatic N) is 3. The monoisotopic (exact) mass is 634 g/mol. The van der Waals surface area contributed by atoms with Gasteiger partial charge in [-0.05, 0) is 53.9 Å². The van der Waals surface area contributed by atoms with Gasteiger partial charge in [0.2, 0.25) is 0 Å². The minimum absolute atomic E-state index is 0.0632. The molecule has 0 amide bonds. The summed E-state index contributed by atoms with van der Waals surface area (Å²) in [6, 6.07) is 15.2.